The average molecular weight is 579 g/mol. The van der Waals surface area contributed by atoms with Gasteiger partial charge in [0, 0.05) is 11.6 Å². The van der Waals surface area contributed by atoms with Crippen molar-refractivity contribution >= 4 is 0 Å². The summed E-state index contributed by atoms with van der Waals surface area (Å²) in [6.45, 7) is 0.508. The van der Waals surface area contributed by atoms with E-state index in [0.717, 1.165) is 0 Å². The largest absolute Gasteiger partial charge is 0.460 e. The third-order valence-electron chi connectivity index (χ3n) is 5.90. The number of halogens is 17. The molecule has 1 aromatic carbocycles. The van der Waals surface area contributed by atoms with Gasteiger partial charge in [0.2, 0.25) is 0 Å². The van der Waals surface area contributed by atoms with Gasteiger partial charge >= 0.3 is 47.6 Å². The topological polar surface area (TPSA) is 3.24 Å². The Hall–Kier alpha value is -2.01. The Balaban J connectivity index is 2.55. The quantitative estimate of drug-likeness (QED) is 0.283. The maximum atomic E-state index is 14.3. The van der Waals surface area contributed by atoms with Crippen LogP contribution in [0.5, 0.6) is 0 Å². The fourth-order valence-electron chi connectivity index (χ4n) is 3.59. The Labute approximate surface area is 196 Å². The lowest BCUT2D eigenvalue weighted by molar-refractivity contribution is -0.462. The van der Waals surface area contributed by atoms with Crippen LogP contribution in [-0.2, 0) is 5.92 Å². The molecule has 18 heteroatoms. The standard InChI is InChI=1S/C19H14F17N/c1-37-8-2-3-11(37)9-4-6-10(7-5-9)12(20,21)13(22,23)14(24,25)15(26,27)16(28,29)17(30,31)18(32,33)19(34,35)36/h4-7,11H,2-3,8H2,1H3. The van der Waals surface area contributed by atoms with Crippen LogP contribution >= 0.6 is 0 Å². The van der Waals surface area contributed by atoms with Crippen LogP contribution < -0.4 is 0 Å². The SMILES string of the molecule is CN1CCCC1c1ccc(C(F)(F)C(F)(F)C(F)(F)C(F)(F)C(F)(F)C(F)(F)C(F)(F)C(F)(F)F)cc1. The minimum atomic E-state index is -8.63. The summed E-state index contributed by atoms with van der Waals surface area (Å²) in [5.74, 6) is -56.4. The van der Waals surface area contributed by atoms with E-state index in [2.05, 4.69) is 0 Å². The van der Waals surface area contributed by atoms with Crippen LogP contribution in [0.2, 0.25) is 0 Å². The van der Waals surface area contributed by atoms with Crippen molar-refractivity contribution in [1.29, 1.82) is 0 Å². The van der Waals surface area contributed by atoms with Crippen LogP contribution in [0.4, 0.5) is 74.6 Å². The zero-order valence-electron chi connectivity index (χ0n) is 17.9. The molecule has 1 heterocycles. The van der Waals surface area contributed by atoms with Crippen molar-refractivity contribution in [2.45, 2.75) is 66.5 Å². The van der Waals surface area contributed by atoms with Crippen LogP contribution in [0.1, 0.15) is 30.0 Å². The number of hydrogen-bond donors (Lipinski definition) is 0. The maximum absolute atomic E-state index is 14.3. The average Bonchev–Trinajstić information content (AvgIpc) is 3.18. The molecule has 0 N–H and O–H groups in total. The molecule has 0 aliphatic carbocycles. The molecule has 0 radical (unpaired) electrons. The molecule has 1 saturated heterocycles. The van der Waals surface area contributed by atoms with E-state index in [9.17, 15) is 74.6 Å². The number of rotatable bonds is 8. The minimum absolute atomic E-state index is 0.0220. The molecule has 37 heavy (non-hydrogen) atoms. The van der Waals surface area contributed by atoms with Gasteiger partial charge in [-0.3, -0.25) is 4.90 Å². The summed E-state index contributed by atoms with van der Waals surface area (Å²) in [7, 11) is 1.56. The van der Waals surface area contributed by atoms with E-state index in [1.54, 1.807) is 11.9 Å². The van der Waals surface area contributed by atoms with Gasteiger partial charge in [-0.05, 0) is 32.0 Å². The van der Waals surface area contributed by atoms with E-state index in [1.165, 1.54) is 0 Å². The summed E-state index contributed by atoms with van der Waals surface area (Å²) in [5, 5.41) is 0. The van der Waals surface area contributed by atoms with E-state index < -0.39 is 59.2 Å². The summed E-state index contributed by atoms with van der Waals surface area (Å²) < 4.78 is 228. The first kappa shape index (κ1) is 31.2. The highest BCUT2D eigenvalue weighted by Gasteiger charge is 2.95. The van der Waals surface area contributed by atoms with Gasteiger partial charge in [0.25, 0.3) is 0 Å². The van der Waals surface area contributed by atoms with E-state index in [-0.39, 0.29) is 17.7 Å². The summed E-state index contributed by atoms with van der Waals surface area (Å²) in [6.07, 6.45) is -6.74. The molecule has 1 atom stereocenters. The van der Waals surface area contributed by atoms with Crippen LogP contribution in [0.25, 0.3) is 0 Å². The van der Waals surface area contributed by atoms with E-state index >= 15 is 0 Å². The molecular formula is C19H14F17N. The van der Waals surface area contributed by atoms with Gasteiger partial charge in [-0.1, -0.05) is 24.3 Å². The lowest BCUT2D eigenvalue weighted by Gasteiger charge is -2.42. The second-order valence-corrected chi connectivity index (χ2v) is 8.28. The van der Waals surface area contributed by atoms with Gasteiger partial charge in [0.05, 0.1) is 0 Å². The number of hydrogen-bond acceptors (Lipinski definition) is 1. The smallest absolute Gasteiger partial charge is 0.299 e. The van der Waals surface area contributed by atoms with Gasteiger partial charge in [-0.15, -0.1) is 0 Å². The van der Waals surface area contributed by atoms with E-state index in [4.69, 9.17) is 0 Å². The Kier molecular flexibility index (Phi) is 7.39. The fraction of sp³-hybridized carbons (Fsp3) is 0.684. The molecule has 1 aliphatic rings. The Morgan fingerprint density at radius 1 is 0.568 bits per heavy atom. The van der Waals surface area contributed by atoms with Crippen molar-refractivity contribution < 1.29 is 74.6 Å². The normalized spacial score (nSPS) is 20.0. The highest BCUT2D eigenvalue weighted by atomic mass is 19.4. The zero-order chi connectivity index (χ0) is 29.3. The van der Waals surface area contributed by atoms with Gasteiger partial charge < -0.3 is 0 Å². The molecule has 0 saturated carbocycles. The predicted molar refractivity (Wildman–Crippen MR) is 90.7 cm³/mol. The molecule has 1 aromatic rings. The van der Waals surface area contributed by atoms with Gasteiger partial charge in [-0.2, -0.15) is 74.6 Å². The molecule has 1 nitrogen and oxygen atoms in total. The molecule has 1 fully saturated rings. The van der Waals surface area contributed by atoms with Crippen molar-refractivity contribution in [2.75, 3.05) is 13.6 Å². The Morgan fingerprint density at radius 2 is 0.946 bits per heavy atom. The monoisotopic (exact) mass is 579 g/mol. The van der Waals surface area contributed by atoms with Crippen LogP contribution in [0, 0.1) is 0 Å². The summed E-state index contributed by atoms with van der Waals surface area (Å²) in [5.41, 5.74) is -2.05. The third-order valence-corrected chi connectivity index (χ3v) is 5.90. The van der Waals surface area contributed by atoms with Crippen LogP contribution in [0.3, 0.4) is 0 Å². The Bertz CT molecular complexity index is 964. The number of likely N-dealkylation sites (tertiary alicyclic amines) is 1. The summed E-state index contributed by atoms with van der Waals surface area (Å²) in [4.78, 5) is 1.66. The molecule has 1 unspecified atom stereocenters. The molecule has 0 spiro atoms. The highest BCUT2D eigenvalue weighted by Crippen LogP contribution is 2.65. The molecule has 0 aromatic heterocycles. The van der Waals surface area contributed by atoms with Crippen molar-refractivity contribution in [2.24, 2.45) is 0 Å². The minimum Gasteiger partial charge on any atom is -0.299 e. The van der Waals surface area contributed by atoms with Gasteiger partial charge in [0.1, 0.15) is 0 Å². The van der Waals surface area contributed by atoms with Gasteiger partial charge in [-0.25, -0.2) is 0 Å². The molecular weight excluding hydrogens is 565 g/mol. The number of benzene rings is 1. The van der Waals surface area contributed by atoms with E-state index in [1.807, 2.05) is 0 Å². The summed E-state index contributed by atoms with van der Waals surface area (Å²) in [6, 6.07) is 0.927. The highest BCUT2D eigenvalue weighted by molar-refractivity contribution is 5.31. The second kappa shape index (κ2) is 8.76. The summed E-state index contributed by atoms with van der Waals surface area (Å²) >= 11 is 0. The first-order valence-electron chi connectivity index (χ1n) is 9.75. The molecule has 2 rings (SSSR count). The van der Waals surface area contributed by atoms with Crippen LogP contribution in [-0.4, -0.2) is 60.2 Å². The first-order chi connectivity index (χ1) is 16.2. The van der Waals surface area contributed by atoms with Crippen molar-refractivity contribution in [3.8, 4) is 0 Å². The Morgan fingerprint density at radius 3 is 1.30 bits per heavy atom. The third kappa shape index (κ3) is 4.20. The lowest BCUT2D eigenvalue weighted by atomic mass is 9.87. The predicted octanol–water partition coefficient (Wildman–Crippen LogP) is 7.92. The second-order valence-electron chi connectivity index (χ2n) is 8.28. The van der Waals surface area contributed by atoms with Crippen molar-refractivity contribution in [1.82, 2.24) is 4.90 Å². The first-order valence-corrected chi connectivity index (χ1v) is 9.75. The lowest BCUT2D eigenvalue weighted by Crippen LogP contribution is -2.74. The molecule has 214 valence electrons. The number of nitrogens with zero attached hydrogens (tertiary/aromatic N) is 1. The van der Waals surface area contributed by atoms with Gasteiger partial charge in [0.15, 0.2) is 0 Å². The molecule has 1 aliphatic heterocycles. The van der Waals surface area contributed by atoms with Crippen LogP contribution in [0.15, 0.2) is 24.3 Å². The number of alkyl halides is 17. The zero-order valence-corrected chi connectivity index (χ0v) is 17.9. The molecule has 0 amide bonds. The van der Waals surface area contributed by atoms with Crippen molar-refractivity contribution in [3.63, 3.8) is 0 Å². The van der Waals surface area contributed by atoms with Crippen molar-refractivity contribution in [3.05, 3.63) is 35.4 Å². The molecule has 0 bridgehead atoms. The fourth-order valence-corrected chi connectivity index (χ4v) is 3.59. The maximum Gasteiger partial charge on any atom is 0.460 e. The van der Waals surface area contributed by atoms with E-state index in [0.29, 0.717) is 31.5 Å².